The number of aromatic nitrogens is 2. The number of hydrogen-bond donors (Lipinski definition) is 1. The second-order valence-electron chi connectivity index (χ2n) is 8.59. The molecule has 10 heteroatoms. The van der Waals surface area contributed by atoms with Gasteiger partial charge in [-0.2, -0.15) is 0 Å². The van der Waals surface area contributed by atoms with E-state index in [2.05, 4.69) is 15.5 Å². The Bertz CT molecular complexity index is 937. The first-order chi connectivity index (χ1) is 15.3. The molecule has 0 unspecified atom stereocenters. The molecule has 2 aliphatic rings. The topological polar surface area (TPSA) is 77.2 Å². The molecule has 1 aromatic carbocycles. The van der Waals surface area contributed by atoms with E-state index in [1.165, 1.54) is 12.1 Å². The molecule has 0 aliphatic heterocycles. The number of nitrogens with one attached hydrogen (secondary N) is 1. The van der Waals surface area contributed by atoms with Crippen LogP contribution in [0.3, 0.4) is 0 Å². The molecule has 0 spiro atoms. The Hall–Kier alpha value is -2.29. The average Bonchev–Trinajstić information content (AvgIpc) is 3.25. The minimum Gasteiger partial charge on any atom is -0.484 e. The van der Waals surface area contributed by atoms with Crippen LogP contribution in [0.5, 0.6) is 5.75 Å². The van der Waals surface area contributed by atoms with Gasteiger partial charge in [-0.05, 0) is 50.7 Å². The molecule has 6 nitrogen and oxygen atoms in total. The van der Waals surface area contributed by atoms with Crippen molar-refractivity contribution in [2.45, 2.75) is 75.2 Å². The minimum atomic E-state index is -2.59. The zero-order valence-electron chi connectivity index (χ0n) is 17.5. The molecule has 0 radical (unpaired) electrons. The molecular weight excluding hydrogens is 447 g/mol. The summed E-state index contributed by atoms with van der Waals surface area (Å²) in [6.07, 6.45) is 3.49. The van der Waals surface area contributed by atoms with Crippen molar-refractivity contribution in [1.29, 1.82) is 0 Å². The molecule has 1 amide bonds. The summed E-state index contributed by atoms with van der Waals surface area (Å²) in [4.78, 5) is 12.2. The second kappa shape index (κ2) is 9.68. The number of rotatable bonds is 6. The van der Waals surface area contributed by atoms with E-state index in [-0.39, 0.29) is 54.0 Å². The molecule has 1 heterocycles. The highest BCUT2D eigenvalue weighted by atomic mass is 35.5. The van der Waals surface area contributed by atoms with E-state index in [1.807, 2.05) is 0 Å². The lowest BCUT2D eigenvalue weighted by molar-refractivity contribution is -0.124. The summed E-state index contributed by atoms with van der Waals surface area (Å²) in [5, 5.41) is 11.2. The highest BCUT2D eigenvalue weighted by Crippen LogP contribution is 2.41. The lowest BCUT2D eigenvalue weighted by Gasteiger charge is -2.27. The molecule has 2 aromatic rings. The summed E-state index contributed by atoms with van der Waals surface area (Å²) in [5.41, 5.74) is 0. The summed E-state index contributed by atoms with van der Waals surface area (Å²) in [7, 11) is 0. The first kappa shape index (κ1) is 22.9. The Morgan fingerprint density at radius 2 is 1.72 bits per heavy atom. The summed E-state index contributed by atoms with van der Waals surface area (Å²) in [6, 6.07) is 4.02. The number of nitrogens with zero attached hydrogens (tertiary/aromatic N) is 2. The number of carbonyl (C=O) groups excluding carboxylic acids is 1. The van der Waals surface area contributed by atoms with Crippen LogP contribution in [0, 0.1) is 5.82 Å². The van der Waals surface area contributed by atoms with Gasteiger partial charge in [0, 0.05) is 36.8 Å². The molecule has 2 fully saturated rings. The quantitative estimate of drug-likeness (QED) is 0.612. The average molecular weight is 472 g/mol. The van der Waals surface area contributed by atoms with Crippen molar-refractivity contribution in [1.82, 2.24) is 15.5 Å². The summed E-state index contributed by atoms with van der Waals surface area (Å²) >= 11 is 5.63. The van der Waals surface area contributed by atoms with E-state index in [0.717, 1.165) is 31.7 Å². The zero-order chi connectivity index (χ0) is 22.7. The monoisotopic (exact) mass is 471 g/mol. The summed E-state index contributed by atoms with van der Waals surface area (Å²) in [5.74, 6) is -2.22. The van der Waals surface area contributed by atoms with Gasteiger partial charge in [-0.15, -0.1) is 10.2 Å². The maximum Gasteiger partial charge on any atom is 0.258 e. The van der Waals surface area contributed by atoms with Crippen molar-refractivity contribution >= 4 is 17.5 Å². The fraction of sp³-hybridized carbons (Fsp3) is 0.591. The SMILES string of the molecule is O=C(COc1ccc(Cl)c(F)c1)N[C@H]1CC[C@H](c2nnc(C3CCC(F)(F)CC3)o2)CC1. The van der Waals surface area contributed by atoms with Gasteiger partial charge in [-0.3, -0.25) is 4.79 Å². The molecule has 4 rings (SSSR count). The molecular formula is C22H25ClF3N3O3. The molecule has 0 bridgehead atoms. The largest absolute Gasteiger partial charge is 0.484 e. The fourth-order valence-corrected chi connectivity index (χ4v) is 4.45. The van der Waals surface area contributed by atoms with E-state index in [9.17, 15) is 18.0 Å². The molecule has 174 valence electrons. The first-order valence-corrected chi connectivity index (χ1v) is 11.3. The van der Waals surface area contributed by atoms with Crippen LogP contribution in [-0.4, -0.2) is 34.7 Å². The Morgan fingerprint density at radius 3 is 2.34 bits per heavy atom. The van der Waals surface area contributed by atoms with Crippen LogP contribution in [0.25, 0.3) is 0 Å². The molecule has 2 aliphatic carbocycles. The first-order valence-electron chi connectivity index (χ1n) is 10.9. The maximum atomic E-state index is 13.4. The Labute approximate surface area is 188 Å². The van der Waals surface area contributed by atoms with E-state index in [1.54, 1.807) is 0 Å². The maximum absolute atomic E-state index is 13.4. The summed E-state index contributed by atoms with van der Waals surface area (Å²) in [6.45, 7) is -0.214. The third-order valence-corrected chi connectivity index (χ3v) is 6.53. The molecule has 1 N–H and O–H groups in total. The molecule has 1 aromatic heterocycles. The van der Waals surface area contributed by atoms with Crippen LogP contribution in [0.1, 0.15) is 75.0 Å². The van der Waals surface area contributed by atoms with Gasteiger partial charge in [0.15, 0.2) is 6.61 Å². The Kier molecular flexibility index (Phi) is 6.93. The van der Waals surface area contributed by atoms with Crippen LogP contribution < -0.4 is 10.1 Å². The zero-order valence-corrected chi connectivity index (χ0v) is 18.2. The molecule has 0 atom stereocenters. The number of benzene rings is 1. The van der Waals surface area contributed by atoms with Crippen LogP contribution in [0.2, 0.25) is 5.02 Å². The predicted octanol–water partition coefficient (Wildman–Crippen LogP) is 5.38. The van der Waals surface area contributed by atoms with Crippen molar-refractivity contribution < 1.29 is 27.1 Å². The fourth-order valence-electron chi connectivity index (χ4n) is 4.33. The smallest absolute Gasteiger partial charge is 0.258 e. The highest BCUT2D eigenvalue weighted by Gasteiger charge is 2.37. The van der Waals surface area contributed by atoms with Crippen LogP contribution in [0.4, 0.5) is 13.2 Å². The number of hydrogen-bond acceptors (Lipinski definition) is 5. The molecule has 32 heavy (non-hydrogen) atoms. The minimum absolute atomic E-state index is 0.00673. The number of halogens is 4. The number of carbonyl (C=O) groups is 1. The summed E-state index contributed by atoms with van der Waals surface area (Å²) < 4.78 is 51.3. The van der Waals surface area contributed by atoms with Gasteiger partial charge in [-0.25, -0.2) is 13.2 Å². The van der Waals surface area contributed by atoms with Crippen molar-refractivity contribution in [3.63, 3.8) is 0 Å². The number of alkyl halides is 2. The van der Waals surface area contributed by atoms with Gasteiger partial charge in [-0.1, -0.05) is 11.6 Å². The Morgan fingerprint density at radius 1 is 1.09 bits per heavy atom. The standard InChI is InChI=1S/C22H25ClF3N3O3/c23-17-6-5-16(11-18(17)24)31-12-19(30)27-15-3-1-13(2-4-15)20-28-29-21(32-20)14-7-9-22(25,26)10-8-14/h5-6,11,13-15H,1-4,7-10,12H2,(H,27,30)/t13-,15-. The van der Waals surface area contributed by atoms with Crippen LogP contribution in [0.15, 0.2) is 22.6 Å². The molecule has 0 saturated heterocycles. The number of amides is 1. The van der Waals surface area contributed by atoms with E-state index >= 15 is 0 Å². The van der Waals surface area contributed by atoms with Crippen molar-refractivity contribution in [2.24, 2.45) is 0 Å². The third-order valence-electron chi connectivity index (χ3n) is 6.23. The van der Waals surface area contributed by atoms with E-state index in [0.29, 0.717) is 24.6 Å². The lowest BCUT2D eigenvalue weighted by Crippen LogP contribution is -2.39. The van der Waals surface area contributed by atoms with Crippen molar-refractivity contribution in [2.75, 3.05) is 6.61 Å². The van der Waals surface area contributed by atoms with Gasteiger partial charge in [0.05, 0.1) is 5.02 Å². The highest BCUT2D eigenvalue weighted by molar-refractivity contribution is 6.30. The lowest BCUT2D eigenvalue weighted by atomic mass is 9.86. The van der Waals surface area contributed by atoms with Gasteiger partial charge in [0.1, 0.15) is 11.6 Å². The van der Waals surface area contributed by atoms with Gasteiger partial charge >= 0.3 is 0 Å². The Balaban J connectivity index is 1.21. The van der Waals surface area contributed by atoms with Gasteiger partial charge in [0.2, 0.25) is 17.7 Å². The van der Waals surface area contributed by atoms with E-state index < -0.39 is 11.7 Å². The normalized spacial score (nSPS) is 23.6. The van der Waals surface area contributed by atoms with E-state index in [4.69, 9.17) is 20.8 Å². The van der Waals surface area contributed by atoms with Crippen LogP contribution in [-0.2, 0) is 4.79 Å². The third kappa shape index (κ3) is 5.74. The van der Waals surface area contributed by atoms with Crippen LogP contribution >= 0.6 is 11.6 Å². The molecule has 2 saturated carbocycles. The van der Waals surface area contributed by atoms with Gasteiger partial charge in [0.25, 0.3) is 5.91 Å². The van der Waals surface area contributed by atoms with Crippen molar-refractivity contribution in [3.8, 4) is 5.75 Å². The predicted molar refractivity (Wildman–Crippen MR) is 110 cm³/mol. The van der Waals surface area contributed by atoms with Crippen molar-refractivity contribution in [3.05, 3.63) is 40.8 Å². The second-order valence-corrected chi connectivity index (χ2v) is 9.00. The van der Waals surface area contributed by atoms with Gasteiger partial charge < -0.3 is 14.5 Å². The number of ether oxygens (including phenoxy) is 1.